The third kappa shape index (κ3) is 4.86. The number of methoxy groups -OCH3 is 1. The molecule has 1 N–H and O–H groups in total. The zero-order valence-corrected chi connectivity index (χ0v) is 15.0. The summed E-state index contributed by atoms with van der Waals surface area (Å²) in [4.78, 5) is 11.9. The van der Waals surface area contributed by atoms with Gasteiger partial charge in [0.1, 0.15) is 5.75 Å². The van der Waals surface area contributed by atoms with Crippen molar-refractivity contribution >= 4 is 56.2 Å². The third-order valence-corrected chi connectivity index (χ3v) is 3.86. The molecule has 0 saturated carbocycles. The van der Waals surface area contributed by atoms with E-state index in [1.807, 2.05) is 42.5 Å². The number of rotatable bonds is 4. The van der Waals surface area contributed by atoms with E-state index in [1.54, 1.807) is 13.2 Å². The monoisotopic (exact) mass is 457 g/mol. The predicted molar refractivity (Wildman–Crippen MR) is 97.5 cm³/mol. The summed E-state index contributed by atoms with van der Waals surface area (Å²) in [6, 6.07) is 13.3. The highest BCUT2D eigenvalue weighted by atomic mass is 127. The van der Waals surface area contributed by atoms with Crippen molar-refractivity contribution in [2.75, 3.05) is 12.4 Å². The molecule has 3 nitrogen and oxygen atoms in total. The molecule has 0 saturated heterocycles. The molecule has 21 heavy (non-hydrogen) atoms. The fourth-order valence-corrected chi connectivity index (χ4v) is 2.67. The highest BCUT2D eigenvalue weighted by Crippen LogP contribution is 2.24. The Kier molecular flexibility index (Phi) is 5.81. The highest BCUT2D eigenvalue weighted by molar-refractivity contribution is 14.1. The minimum atomic E-state index is -0.181. The number of halogens is 2. The summed E-state index contributed by atoms with van der Waals surface area (Å²) in [7, 11) is 1.60. The fraction of sp³-hybridized carbons (Fsp3) is 0.0625. The number of amides is 1. The second-order valence-electron chi connectivity index (χ2n) is 4.22. The Morgan fingerprint density at radius 3 is 2.81 bits per heavy atom. The number of ether oxygens (including phenoxy) is 1. The summed E-state index contributed by atoms with van der Waals surface area (Å²) in [5, 5.41) is 2.82. The number of hydrogen-bond acceptors (Lipinski definition) is 2. The van der Waals surface area contributed by atoms with Crippen LogP contribution in [0.3, 0.4) is 0 Å². The van der Waals surface area contributed by atoms with Crippen molar-refractivity contribution in [2.45, 2.75) is 0 Å². The molecule has 108 valence electrons. The molecule has 0 spiro atoms. The predicted octanol–water partition coefficient (Wildman–Crippen LogP) is 4.71. The number of hydrogen-bond donors (Lipinski definition) is 1. The summed E-state index contributed by atoms with van der Waals surface area (Å²) >= 11 is 5.61. The first-order valence-corrected chi connectivity index (χ1v) is 8.04. The van der Waals surface area contributed by atoms with E-state index in [0.717, 1.165) is 25.0 Å². The van der Waals surface area contributed by atoms with Crippen LogP contribution < -0.4 is 10.1 Å². The van der Waals surface area contributed by atoms with Gasteiger partial charge in [-0.05, 0) is 65.1 Å². The molecule has 2 aromatic carbocycles. The number of anilines is 1. The van der Waals surface area contributed by atoms with Crippen LogP contribution in [0.4, 0.5) is 5.69 Å². The molecule has 0 fully saturated rings. The molecule has 0 aromatic heterocycles. The molecule has 0 unspecified atom stereocenters. The largest absolute Gasteiger partial charge is 0.496 e. The van der Waals surface area contributed by atoms with Gasteiger partial charge in [0.25, 0.3) is 0 Å². The lowest BCUT2D eigenvalue weighted by atomic mass is 10.2. The first kappa shape index (κ1) is 16.0. The molecule has 0 aliphatic carbocycles. The highest BCUT2D eigenvalue weighted by Gasteiger charge is 2.02. The summed E-state index contributed by atoms with van der Waals surface area (Å²) in [5.41, 5.74) is 1.61. The second-order valence-corrected chi connectivity index (χ2v) is 6.38. The summed E-state index contributed by atoms with van der Waals surface area (Å²) in [5.74, 6) is 0.538. The Balaban J connectivity index is 2.10. The zero-order chi connectivity index (χ0) is 15.2. The van der Waals surface area contributed by atoms with Crippen molar-refractivity contribution in [2.24, 2.45) is 0 Å². The molecule has 0 aliphatic rings. The van der Waals surface area contributed by atoms with E-state index >= 15 is 0 Å². The lowest BCUT2D eigenvalue weighted by Gasteiger charge is -2.05. The fourth-order valence-electron chi connectivity index (χ4n) is 1.75. The van der Waals surface area contributed by atoms with Crippen LogP contribution in [0.2, 0.25) is 0 Å². The van der Waals surface area contributed by atoms with Gasteiger partial charge in [-0.25, -0.2) is 0 Å². The van der Waals surface area contributed by atoms with Gasteiger partial charge in [-0.15, -0.1) is 0 Å². The lowest BCUT2D eigenvalue weighted by molar-refractivity contribution is -0.111. The smallest absolute Gasteiger partial charge is 0.248 e. The first-order chi connectivity index (χ1) is 10.1. The topological polar surface area (TPSA) is 38.3 Å². The Labute approximate surface area is 145 Å². The minimum absolute atomic E-state index is 0.181. The molecule has 2 aromatic rings. The molecule has 2 rings (SSSR count). The van der Waals surface area contributed by atoms with E-state index in [0.29, 0.717) is 0 Å². The Bertz CT molecular complexity index is 686. The van der Waals surface area contributed by atoms with Crippen LogP contribution in [0, 0.1) is 3.57 Å². The van der Waals surface area contributed by atoms with Crippen LogP contribution in [-0.2, 0) is 4.79 Å². The zero-order valence-electron chi connectivity index (χ0n) is 11.3. The Morgan fingerprint density at radius 1 is 1.29 bits per heavy atom. The molecule has 0 heterocycles. The van der Waals surface area contributed by atoms with E-state index in [9.17, 15) is 4.79 Å². The number of carbonyl (C=O) groups is 1. The average Bonchev–Trinajstić information content (AvgIpc) is 2.45. The van der Waals surface area contributed by atoms with Crippen LogP contribution in [0.15, 0.2) is 53.0 Å². The van der Waals surface area contributed by atoms with Gasteiger partial charge in [-0.3, -0.25) is 4.79 Å². The maximum atomic E-state index is 11.9. The molecule has 1 amide bonds. The summed E-state index contributed by atoms with van der Waals surface area (Å²) in [6.07, 6.45) is 3.22. The van der Waals surface area contributed by atoms with Gasteiger partial charge in [0.15, 0.2) is 0 Å². The van der Waals surface area contributed by atoms with E-state index < -0.39 is 0 Å². The third-order valence-electron chi connectivity index (χ3n) is 2.70. The summed E-state index contributed by atoms with van der Waals surface area (Å²) in [6.45, 7) is 0. The Morgan fingerprint density at radius 2 is 2.10 bits per heavy atom. The Hall–Kier alpha value is -1.34. The van der Waals surface area contributed by atoms with E-state index in [4.69, 9.17) is 4.74 Å². The van der Waals surface area contributed by atoms with Crippen molar-refractivity contribution in [1.29, 1.82) is 0 Å². The molecule has 5 heteroatoms. The second kappa shape index (κ2) is 7.61. The SMILES string of the molecule is COc1ccc(Br)cc1/C=C/C(=O)Nc1cccc(I)c1. The molecule has 0 radical (unpaired) electrons. The van der Waals surface area contributed by atoms with Crippen molar-refractivity contribution in [3.8, 4) is 5.75 Å². The number of benzene rings is 2. The molecule has 0 aliphatic heterocycles. The van der Waals surface area contributed by atoms with Gasteiger partial charge >= 0.3 is 0 Å². The molecular weight excluding hydrogens is 445 g/mol. The van der Waals surface area contributed by atoms with Crippen molar-refractivity contribution in [3.63, 3.8) is 0 Å². The van der Waals surface area contributed by atoms with Gasteiger partial charge < -0.3 is 10.1 Å². The van der Waals surface area contributed by atoms with Crippen molar-refractivity contribution < 1.29 is 9.53 Å². The molecule has 0 bridgehead atoms. The van der Waals surface area contributed by atoms with Gasteiger partial charge in [0.05, 0.1) is 7.11 Å². The minimum Gasteiger partial charge on any atom is -0.496 e. The summed E-state index contributed by atoms with van der Waals surface area (Å²) < 4.78 is 7.27. The standard InChI is InChI=1S/C16H13BrINO2/c1-21-15-7-6-12(17)9-11(15)5-8-16(20)19-14-4-2-3-13(18)10-14/h2-10H,1H3,(H,19,20)/b8-5+. The van der Waals surface area contributed by atoms with Crippen LogP contribution in [-0.4, -0.2) is 13.0 Å². The number of carbonyl (C=O) groups excluding carboxylic acids is 1. The van der Waals surface area contributed by atoms with E-state index in [2.05, 4.69) is 43.8 Å². The number of nitrogens with one attached hydrogen (secondary N) is 1. The van der Waals surface area contributed by atoms with Crippen LogP contribution in [0.5, 0.6) is 5.75 Å². The first-order valence-electron chi connectivity index (χ1n) is 6.16. The maximum Gasteiger partial charge on any atom is 0.248 e. The van der Waals surface area contributed by atoms with Crippen LogP contribution >= 0.6 is 38.5 Å². The van der Waals surface area contributed by atoms with Gasteiger partial charge in [0.2, 0.25) is 5.91 Å². The average molecular weight is 458 g/mol. The van der Waals surface area contributed by atoms with E-state index in [1.165, 1.54) is 6.08 Å². The lowest BCUT2D eigenvalue weighted by Crippen LogP contribution is -2.07. The maximum absolute atomic E-state index is 11.9. The van der Waals surface area contributed by atoms with E-state index in [-0.39, 0.29) is 5.91 Å². The van der Waals surface area contributed by atoms with Gasteiger partial charge in [-0.1, -0.05) is 22.0 Å². The van der Waals surface area contributed by atoms with Crippen molar-refractivity contribution in [1.82, 2.24) is 0 Å². The van der Waals surface area contributed by atoms with Crippen LogP contribution in [0.1, 0.15) is 5.56 Å². The van der Waals surface area contributed by atoms with Crippen molar-refractivity contribution in [3.05, 3.63) is 62.1 Å². The molecular formula is C16H13BrINO2. The quantitative estimate of drug-likeness (QED) is 0.533. The molecule has 0 atom stereocenters. The van der Waals surface area contributed by atoms with Gasteiger partial charge in [0, 0.05) is 25.4 Å². The van der Waals surface area contributed by atoms with Crippen LogP contribution in [0.25, 0.3) is 6.08 Å². The van der Waals surface area contributed by atoms with Gasteiger partial charge in [-0.2, -0.15) is 0 Å². The normalized spacial score (nSPS) is 10.6.